The summed E-state index contributed by atoms with van der Waals surface area (Å²) >= 11 is 0. The van der Waals surface area contributed by atoms with Crippen LogP contribution in [0.1, 0.15) is 70.9 Å². The molecule has 2 aromatic carbocycles. The minimum Gasteiger partial charge on any atom is -0.305 e. The molecule has 2 fully saturated rings. The second-order valence-electron chi connectivity index (χ2n) is 11.1. The van der Waals surface area contributed by atoms with Gasteiger partial charge in [0.05, 0.1) is 11.8 Å². The molecule has 0 unspecified atom stereocenters. The minimum atomic E-state index is -0.820. The fourth-order valence-corrected chi connectivity index (χ4v) is 6.85. The Morgan fingerprint density at radius 3 is 2.06 bits per heavy atom. The fourth-order valence-electron chi connectivity index (χ4n) is 6.85. The Morgan fingerprint density at radius 1 is 0.882 bits per heavy atom. The van der Waals surface area contributed by atoms with Crippen molar-refractivity contribution >= 4 is 23.4 Å². The van der Waals surface area contributed by atoms with Crippen LogP contribution in [0.4, 0.5) is 5.69 Å². The summed E-state index contributed by atoms with van der Waals surface area (Å²) in [5, 5.41) is 0. The molecule has 3 amide bonds. The average molecular weight is 459 g/mol. The van der Waals surface area contributed by atoms with E-state index in [2.05, 4.69) is 51.1 Å². The number of rotatable bonds is 3. The number of imide groups is 1. The van der Waals surface area contributed by atoms with E-state index in [1.807, 2.05) is 29.2 Å². The molecule has 1 saturated carbocycles. The molecule has 5 rings (SSSR count). The van der Waals surface area contributed by atoms with Crippen molar-refractivity contribution < 1.29 is 14.4 Å². The summed E-state index contributed by atoms with van der Waals surface area (Å²) in [4.78, 5) is 43.6. The Labute approximate surface area is 202 Å². The van der Waals surface area contributed by atoms with Crippen LogP contribution in [0.2, 0.25) is 0 Å². The van der Waals surface area contributed by atoms with Gasteiger partial charge in [0.2, 0.25) is 11.8 Å². The Kier molecular flexibility index (Phi) is 5.42. The van der Waals surface area contributed by atoms with Crippen LogP contribution in [0.5, 0.6) is 0 Å². The Balaban J connectivity index is 1.54. The van der Waals surface area contributed by atoms with Crippen LogP contribution in [-0.4, -0.2) is 34.2 Å². The average Bonchev–Trinajstić information content (AvgIpc) is 3.08. The molecule has 1 saturated heterocycles. The van der Waals surface area contributed by atoms with Crippen molar-refractivity contribution in [2.75, 3.05) is 4.90 Å². The first-order chi connectivity index (χ1) is 16.2. The number of nitrogens with zero attached hydrogens (tertiary/aromatic N) is 2. The maximum atomic E-state index is 14.1. The molecule has 0 radical (unpaired) electrons. The van der Waals surface area contributed by atoms with E-state index in [1.54, 1.807) is 6.92 Å². The molecule has 0 aromatic heterocycles. The van der Waals surface area contributed by atoms with Gasteiger partial charge in [-0.15, -0.1) is 0 Å². The van der Waals surface area contributed by atoms with Gasteiger partial charge in [-0.1, -0.05) is 68.3 Å². The lowest BCUT2D eigenvalue weighted by atomic mass is 9.65. The molecule has 3 aliphatic rings. The van der Waals surface area contributed by atoms with Crippen molar-refractivity contribution in [3.05, 3.63) is 65.7 Å². The summed E-state index contributed by atoms with van der Waals surface area (Å²) in [7, 11) is 0. The third kappa shape index (κ3) is 3.31. The largest absolute Gasteiger partial charge is 0.305 e. The van der Waals surface area contributed by atoms with Gasteiger partial charge in [0, 0.05) is 16.6 Å². The molecule has 2 aromatic rings. The van der Waals surface area contributed by atoms with Crippen LogP contribution in [0.3, 0.4) is 0 Å². The number of benzene rings is 2. The number of hydrogen-bond acceptors (Lipinski definition) is 3. The van der Waals surface area contributed by atoms with Gasteiger partial charge in [0.25, 0.3) is 5.91 Å². The van der Waals surface area contributed by atoms with Crippen molar-refractivity contribution in [1.82, 2.24) is 4.90 Å². The number of para-hydroxylation sites is 1. The Hall–Kier alpha value is -2.95. The summed E-state index contributed by atoms with van der Waals surface area (Å²) in [6, 6.07) is 17.7. The summed E-state index contributed by atoms with van der Waals surface area (Å²) in [5.41, 5.74) is 2.38. The number of anilines is 1. The van der Waals surface area contributed by atoms with E-state index in [9.17, 15) is 14.4 Å². The molecule has 4 atom stereocenters. The highest BCUT2D eigenvalue weighted by molar-refractivity contribution is 6.11. The van der Waals surface area contributed by atoms with Crippen molar-refractivity contribution in [2.24, 2.45) is 11.8 Å². The molecule has 5 heteroatoms. The first kappa shape index (κ1) is 22.8. The Morgan fingerprint density at radius 2 is 1.44 bits per heavy atom. The highest BCUT2D eigenvalue weighted by Gasteiger charge is 2.54. The maximum absolute atomic E-state index is 14.1. The lowest BCUT2D eigenvalue weighted by Crippen LogP contribution is -2.60. The van der Waals surface area contributed by atoms with Gasteiger partial charge in [-0.05, 0) is 57.2 Å². The normalized spacial score (nSPS) is 28.9. The Bertz CT molecular complexity index is 1120. The predicted octanol–water partition coefficient (Wildman–Crippen LogP) is 5.07. The molecule has 0 bridgehead atoms. The molecular formula is C29H34N2O3. The monoisotopic (exact) mass is 458 g/mol. The van der Waals surface area contributed by atoms with Crippen molar-refractivity contribution in [2.45, 2.75) is 76.8 Å². The van der Waals surface area contributed by atoms with Crippen LogP contribution in [0.25, 0.3) is 0 Å². The zero-order valence-corrected chi connectivity index (χ0v) is 20.6. The van der Waals surface area contributed by atoms with E-state index in [0.29, 0.717) is 0 Å². The van der Waals surface area contributed by atoms with E-state index < -0.39 is 11.6 Å². The van der Waals surface area contributed by atoms with E-state index >= 15 is 0 Å². The summed E-state index contributed by atoms with van der Waals surface area (Å²) in [6.45, 7) is 8.13. The number of hydrogen-bond donors (Lipinski definition) is 0. The van der Waals surface area contributed by atoms with Crippen molar-refractivity contribution in [3.63, 3.8) is 0 Å². The standard InChI is InChI=1S/C29H34N2O3/c1-19(30-26(33)21-14-8-9-15-22(21)27(30)34)25(32)31-24-17-11-10-16-23(24)29(4,18-28(31,2)3)20-12-6-5-7-13-20/h5-7,10-13,16-17,19,21-22H,8-9,14-15,18H2,1-4H3/t19-,21-,22-,29+/m1/s1. The van der Waals surface area contributed by atoms with E-state index in [0.717, 1.165) is 43.4 Å². The molecular weight excluding hydrogens is 424 g/mol. The number of carbonyl (C=O) groups is 3. The fraction of sp³-hybridized carbons (Fsp3) is 0.483. The maximum Gasteiger partial charge on any atom is 0.250 e. The first-order valence-corrected chi connectivity index (χ1v) is 12.5. The topological polar surface area (TPSA) is 57.7 Å². The summed E-state index contributed by atoms with van der Waals surface area (Å²) in [5.74, 6) is -1.01. The molecule has 34 heavy (non-hydrogen) atoms. The predicted molar refractivity (Wildman–Crippen MR) is 132 cm³/mol. The van der Waals surface area contributed by atoms with Crippen LogP contribution in [-0.2, 0) is 19.8 Å². The lowest BCUT2D eigenvalue weighted by molar-refractivity contribution is -0.147. The quantitative estimate of drug-likeness (QED) is 0.604. The van der Waals surface area contributed by atoms with Crippen molar-refractivity contribution in [1.29, 1.82) is 0 Å². The molecule has 0 N–H and O–H groups in total. The molecule has 2 aliphatic heterocycles. The van der Waals surface area contributed by atoms with Gasteiger partial charge in [-0.25, -0.2) is 0 Å². The van der Waals surface area contributed by atoms with E-state index in [4.69, 9.17) is 0 Å². The van der Waals surface area contributed by atoms with E-state index in [-0.39, 0.29) is 35.0 Å². The van der Waals surface area contributed by atoms with Gasteiger partial charge >= 0.3 is 0 Å². The number of carbonyl (C=O) groups excluding carboxylic acids is 3. The van der Waals surface area contributed by atoms with Gasteiger partial charge in [-0.3, -0.25) is 19.3 Å². The molecule has 178 valence electrons. The molecule has 1 aliphatic carbocycles. The summed E-state index contributed by atoms with van der Waals surface area (Å²) < 4.78 is 0. The van der Waals surface area contributed by atoms with Gasteiger partial charge in [0.15, 0.2) is 0 Å². The minimum absolute atomic E-state index is 0.159. The van der Waals surface area contributed by atoms with E-state index in [1.165, 1.54) is 10.5 Å². The third-order valence-electron chi connectivity index (χ3n) is 8.38. The van der Waals surface area contributed by atoms with Gasteiger partial charge < -0.3 is 4.90 Å². The first-order valence-electron chi connectivity index (χ1n) is 12.5. The SMILES string of the molecule is C[C@H](C(=O)N1c2ccccc2[C@](C)(c2ccccc2)CC1(C)C)N1C(=O)[C@@H]2CCCC[C@H]2C1=O. The summed E-state index contributed by atoms with van der Waals surface area (Å²) in [6.07, 6.45) is 4.18. The number of fused-ring (bicyclic) bond motifs is 2. The van der Waals surface area contributed by atoms with Gasteiger partial charge in [0.1, 0.15) is 6.04 Å². The second-order valence-corrected chi connectivity index (χ2v) is 11.1. The van der Waals surface area contributed by atoms with Crippen LogP contribution >= 0.6 is 0 Å². The van der Waals surface area contributed by atoms with Crippen molar-refractivity contribution in [3.8, 4) is 0 Å². The number of likely N-dealkylation sites (tertiary alicyclic amines) is 1. The van der Waals surface area contributed by atoms with Crippen LogP contribution < -0.4 is 4.90 Å². The highest BCUT2D eigenvalue weighted by Crippen LogP contribution is 2.51. The highest BCUT2D eigenvalue weighted by atomic mass is 16.2. The molecule has 5 nitrogen and oxygen atoms in total. The van der Waals surface area contributed by atoms with Gasteiger partial charge in [-0.2, -0.15) is 0 Å². The second kappa shape index (κ2) is 8.07. The number of amides is 3. The van der Waals surface area contributed by atoms with Crippen LogP contribution in [0, 0.1) is 11.8 Å². The van der Waals surface area contributed by atoms with Crippen LogP contribution in [0.15, 0.2) is 54.6 Å². The smallest absolute Gasteiger partial charge is 0.250 e. The lowest BCUT2D eigenvalue weighted by Gasteiger charge is -2.52. The molecule has 0 spiro atoms. The molecule has 2 heterocycles. The zero-order valence-electron chi connectivity index (χ0n) is 20.6. The third-order valence-corrected chi connectivity index (χ3v) is 8.38. The zero-order chi connectivity index (χ0) is 24.3.